The zero-order chi connectivity index (χ0) is 17.1. The van der Waals surface area contributed by atoms with Crippen LogP contribution in [0.15, 0.2) is 48.5 Å². The van der Waals surface area contributed by atoms with E-state index in [0.717, 1.165) is 22.4 Å². The third-order valence-electron chi connectivity index (χ3n) is 4.44. The number of fused-ring (bicyclic) bond motifs is 1. The van der Waals surface area contributed by atoms with Crippen LogP contribution >= 0.6 is 0 Å². The van der Waals surface area contributed by atoms with E-state index >= 15 is 0 Å². The Morgan fingerprint density at radius 2 is 1.79 bits per heavy atom. The van der Waals surface area contributed by atoms with Gasteiger partial charge in [-0.3, -0.25) is 14.5 Å². The molecule has 124 valence electrons. The van der Waals surface area contributed by atoms with E-state index in [0.29, 0.717) is 13.0 Å². The lowest BCUT2D eigenvalue weighted by molar-refractivity contribution is -0.125. The first-order valence-electron chi connectivity index (χ1n) is 8.00. The number of hydrogen-bond donors (Lipinski definition) is 2. The fourth-order valence-electron chi connectivity index (χ4n) is 3.11. The summed E-state index contributed by atoms with van der Waals surface area (Å²) in [5, 5.41) is 2.91. The van der Waals surface area contributed by atoms with Gasteiger partial charge in [-0.25, -0.2) is 0 Å². The minimum Gasteiger partial charge on any atom is -0.368 e. The second kappa shape index (κ2) is 6.84. The van der Waals surface area contributed by atoms with Crippen molar-refractivity contribution in [3.63, 3.8) is 0 Å². The van der Waals surface area contributed by atoms with Gasteiger partial charge in [-0.05, 0) is 36.1 Å². The zero-order valence-electron chi connectivity index (χ0n) is 13.7. The maximum Gasteiger partial charge on any atom is 0.238 e. The Hall–Kier alpha value is -2.66. The quantitative estimate of drug-likeness (QED) is 0.901. The van der Waals surface area contributed by atoms with E-state index < -0.39 is 11.9 Å². The normalized spacial score (nSPS) is 17.1. The van der Waals surface area contributed by atoms with E-state index in [-0.39, 0.29) is 12.5 Å². The molecule has 0 saturated heterocycles. The molecule has 5 nitrogen and oxygen atoms in total. The van der Waals surface area contributed by atoms with Crippen molar-refractivity contribution >= 4 is 17.5 Å². The number of hydrogen-bond acceptors (Lipinski definition) is 3. The molecule has 0 spiro atoms. The van der Waals surface area contributed by atoms with Crippen molar-refractivity contribution in [2.45, 2.75) is 25.9 Å². The van der Waals surface area contributed by atoms with Gasteiger partial charge in [-0.15, -0.1) is 0 Å². The van der Waals surface area contributed by atoms with E-state index in [1.54, 1.807) is 0 Å². The minimum absolute atomic E-state index is 0.135. The van der Waals surface area contributed by atoms with Crippen LogP contribution < -0.4 is 11.1 Å². The van der Waals surface area contributed by atoms with Crippen LogP contribution in [0.1, 0.15) is 16.7 Å². The second-order valence-corrected chi connectivity index (χ2v) is 6.16. The van der Waals surface area contributed by atoms with Crippen molar-refractivity contribution in [3.8, 4) is 0 Å². The minimum atomic E-state index is -0.456. The van der Waals surface area contributed by atoms with Gasteiger partial charge in [0.25, 0.3) is 0 Å². The van der Waals surface area contributed by atoms with Crippen LogP contribution in [0, 0.1) is 6.92 Å². The molecule has 2 amide bonds. The summed E-state index contributed by atoms with van der Waals surface area (Å²) in [4.78, 5) is 26.1. The van der Waals surface area contributed by atoms with Crippen molar-refractivity contribution in [2.24, 2.45) is 5.73 Å². The van der Waals surface area contributed by atoms with Crippen molar-refractivity contribution in [1.29, 1.82) is 0 Å². The predicted octanol–water partition coefficient (Wildman–Crippen LogP) is 1.85. The molecular formula is C19H21N3O2. The van der Waals surface area contributed by atoms with Crippen molar-refractivity contribution in [3.05, 3.63) is 65.2 Å². The molecule has 0 aromatic heterocycles. The molecular weight excluding hydrogens is 302 g/mol. The molecule has 0 fully saturated rings. The molecule has 2 aromatic carbocycles. The van der Waals surface area contributed by atoms with Crippen molar-refractivity contribution in [1.82, 2.24) is 4.90 Å². The zero-order valence-corrected chi connectivity index (χ0v) is 13.7. The molecule has 0 aliphatic carbocycles. The smallest absolute Gasteiger partial charge is 0.238 e. The topological polar surface area (TPSA) is 75.4 Å². The first-order chi connectivity index (χ1) is 11.5. The number of anilines is 1. The number of aryl methyl sites for hydroxylation is 1. The van der Waals surface area contributed by atoms with E-state index in [1.807, 2.05) is 60.4 Å². The van der Waals surface area contributed by atoms with Gasteiger partial charge in [0.1, 0.15) is 0 Å². The SMILES string of the molecule is Cc1ccccc1NC(=O)CN1Cc2ccccc2C[C@@H]1C(N)=O. The molecule has 2 aromatic rings. The van der Waals surface area contributed by atoms with E-state index in [4.69, 9.17) is 5.73 Å². The van der Waals surface area contributed by atoms with Gasteiger partial charge in [0.05, 0.1) is 12.6 Å². The third kappa shape index (κ3) is 3.46. The molecule has 3 N–H and O–H groups in total. The summed E-state index contributed by atoms with van der Waals surface area (Å²) in [5.41, 5.74) is 9.60. The van der Waals surface area contributed by atoms with Gasteiger partial charge in [-0.1, -0.05) is 42.5 Å². The molecule has 1 aliphatic heterocycles. The fraction of sp³-hybridized carbons (Fsp3) is 0.263. The molecule has 0 saturated carbocycles. The number of primary amides is 1. The number of nitrogens with one attached hydrogen (secondary N) is 1. The second-order valence-electron chi connectivity index (χ2n) is 6.16. The lowest BCUT2D eigenvalue weighted by Gasteiger charge is -2.34. The third-order valence-corrected chi connectivity index (χ3v) is 4.44. The molecule has 0 bridgehead atoms. The highest BCUT2D eigenvalue weighted by Gasteiger charge is 2.31. The van der Waals surface area contributed by atoms with Gasteiger partial charge in [-0.2, -0.15) is 0 Å². The maximum atomic E-state index is 12.4. The summed E-state index contributed by atoms with van der Waals surface area (Å²) in [5.74, 6) is -0.539. The molecule has 1 heterocycles. The van der Waals surface area contributed by atoms with Crippen LogP contribution in [0.2, 0.25) is 0 Å². The number of carbonyl (C=O) groups is 2. The number of benzene rings is 2. The van der Waals surface area contributed by atoms with E-state index in [2.05, 4.69) is 5.32 Å². The lowest BCUT2D eigenvalue weighted by Crippen LogP contribution is -2.50. The maximum absolute atomic E-state index is 12.4. The van der Waals surface area contributed by atoms with Crippen molar-refractivity contribution in [2.75, 3.05) is 11.9 Å². The standard InChI is InChI=1S/C19H21N3O2/c1-13-6-2-5-9-16(13)21-18(23)12-22-11-15-8-4-3-7-14(15)10-17(22)19(20)24/h2-9,17H,10-12H2,1H3,(H2,20,24)(H,21,23)/t17-/m1/s1. The number of rotatable bonds is 4. The molecule has 0 unspecified atom stereocenters. The van der Waals surface area contributed by atoms with E-state index in [1.165, 1.54) is 0 Å². The largest absolute Gasteiger partial charge is 0.368 e. The Balaban J connectivity index is 1.74. The number of amides is 2. The Morgan fingerprint density at radius 3 is 2.50 bits per heavy atom. The Morgan fingerprint density at radius 1 is 1.12 bits per heavy atom. The fourth-order valence-corrected chi connectivity index (χ4v) is 3.11. The number of nitrogens with two attached hydrogens (primary N) is 1. The average Bonchev–Trinajstić information content (AvgIpc) is 2.56. The van der Waals surface area contributed by atoms with Gasteiger partial charge in [0.2, 0.25) is 11.8 Å². The Bertz CT molecular complexity index is 773. The average molecular weight is 323 g/mol. The van der Waals surface area contributed by atoms with Crippen LogP contribution in [-0.4, -0.2) is 29.3 Å². The van der Waals surface area contributed by atoms with Gasteiger partial charge >= 0.3 is 0 Å². The van der Waals surface area contributed by atoms with Crippen LogP contribution in [0.3, 0.4) is 0 Å². The summed E-state index contributed by atoms with van der Waals surface area (Å²) < 4.78 is 0. The first kappa shape index (κ1) is 16.2. The molecule has 1 atom stereocenters. The number of para-hydroxylation sites is 1. The lowest BCUT2D eigenvalue weighted by atomic mass is 9.93. The Labute approximate surface area is 141 Å². The molecule has 24 heavy (non-hydrogen) atoms. The molecule has 0 radical (unpaired) electrons. The summed E-state index contributed by atoms with van der Waals surface area (Å²) >= 11 is 0. The summed E-state index contributed by atoms with van der Waals surface area (Å²) in [6.45, 7) is 2.63. The van der Waals surface area contributed by atoms with Crippen molar-refractivity contribution < 1.29 is 9.59 Å². The van der Waals surface area contributed by atoms with Gasteiger partial charge in [0, 0.05) is 12.2 Å². The van der Waals surface area contributed by atoms with E-state index in [9.17, 15) is 9.59 Å². The van der Waals surface area contributed by atoms with Crippen LogP contribution in [0.25, 0.3) is 0 Å². The molecule has 1 aliphatic rings. The molecule has 3 rings (SSSR count). The van der Waals surface area contributed by atoms with Gasteiger partial charge < -0.3 is 11.1 Å². The summed E-state index contributed by atoms with van der Waals surface area (Å²) in [6, 6.07) is 15.1. The monoisotopic (exact) mass is 323 g/mol. The summed E-state index contributed by atoms with van der Waals surface area (Å²) in [6.07, 6.45) is 0.545. The molecule has 5 heteroatoms. The van der Waals surface area contributed by atoms with Crippen LogP contribution in [0.4, 0.5) is 5.69 Å². The summed E-state index contributed by atoms with van der Waals surface area (Å²) in [7, 11) is 0. The Kier molecular flexibility index (Phi) is 4.62. The van der Waals surface area contributed by atoms with Gasteiger partial charge in [0.15, 0.2) is 0 Å². The van der Waals surface area contributed by atoms with Crippen LogP contribution in [0.5, 0.6) is 0 Å². The predicted molar refractivity (Wildman–Crippen MR) is 93.3 cm³/mol. The highest BCUT2D eigenvalue weighted by molar-refractivity contribution is 5.93. The highest BCUT2D eigenvalue weighted by Crippen LogP contribution is 2.23. The highest BCUT2D eigenvalue weighted by atomic mass is 16.2. The number of nitrogens with zero attached hydrogens (tertiary/aromatic N) is 1. The first-order valence-corrected chi connectivity index (χ1v) is 8.00. The number of carbonyl (C=O) groups excluding carboxylic acids is 2. The van der Waals surface area contributed by atoms with Crippen LogP contribution in [-0.2, 0) is 22.6 Å².